The van der Waals surface area contributed by atoms with Gasteiger partial charge < -0.3 is 19.0 Å². The minimum absolute atomic E-state index is 0.322. The average molecular weight is 247 g/mol. The lowest BCUT2D eigenvalue weighted by molar-refractivity contribution is 0.123. The first-order valence-electron chi connectivity index (χ1n) is 5.44. The Kier molecular flexibility index (Phi) is 6.43. The quantitative estimate of drug-likeness (QED) is 0.526. The van der Waals surface area contributed by atoms with Gasteiger partial charge in [0.25, 0.3) is 0 Å². The van der Waals surface area contributed by atoms with Gasteiger partial charge in [-0.25, -0.2) is 0 Å². The average Bonchev–Trinajstić information content (AvgIpc) is 2.23. The smallest absolute Gasteiger partial charge is 0.377 e. The molecule has 96 valence electrons. The van der Waals surface area contributed by atoms with Gasteiger partial charge >= 0.3 is 8.80 Å². The molecule has 2 N–H and O–H groups in total. The van der Waals surface area contributed by atoms with Crippen LogP contribution >= 0.6 is 0 Å². The third-order valence-corrected chi connectivity index (χ3v) is 5.64. The molecule has 0 aromatic carbocycles. The van der Waals surface area contributed by atoms with Crippen molar-refractivity contribution in [3.8, 4) is 0 Å². The Morgan fingerprint density at radius 2 is 1.62 bits per heavy atom. The Morgan fingerprint density at radius 1 is 1.19 bits per heavy atom. The molecule has 0 aliphatic carbocycles. The van der Waals surface area contributed by atoms with Gasteiger partial charge in [-0.05, 0) is 26.7 Å². The molecule has 0 amide bonds. The summed E-state index contributed by atoms with van der Waals surface area (Å²) >= 11 is 0. The van der Waals surface area contributed by atoms with Crippen LogP contribution in [0.3, 0.4) is 0 Å². The van der Waals surface area contributed by atoms with Crippen LogP contribution in [0, 0.1) is 0 Å². The molecule has 0 aliphatic rings. The lowest BCUT2D eigenvalue weighted by Crippen LogP contribution is -2.42. The van der Waals surface area contributed by atoms with E-state index in [1.807, 2.05) is 13.8 Å². The number of nitrogens with two attached hydrogens (primary N) is 1. The predicted octanol–water partition coefficient (Wildman–Crippen LogP) is 1.94. The molecule has 0 aromatic rings. The second-order valence-corrected chi connectivity index (χ2v) is 7.56. The van der Waals surface area contributed by atoms with E-state index in [1.165, 1.54) is 0 Å². The Morgan fingerprint density at radius 3 is 1.94 bits per heavy atom. The van der Waals surface area contributed by atoms with Gasteiger partial charge in [0, 0.05) is 32.9 Å². The second-order valence-electron chi connectivity index (χ2n) is 4.47. The van der Waals surface area contributed by atoms with E-state index in [0.717, 1.165) is 24.5 Å². The lowest BCUT2D eigenvalue weighted by Gasteiger charge is -2.26. The highest BCUT2D eigenvalue weighted by molar-refractivity contribution is 6.60. The highest BCUT2D eigenvalue weighted by Gasteiger charge is 2.37. The molecule has 0 heterocycles. The van der Waals surface area contributed by atoms with Crippen LogP contribution in [-0.4, -0.2) is 35.7 Å². The van der Waals surface area contributed by atoms with Gasteiger partial charge in [0.05, 0.1) is 0 Å². The van der Waals surface area contributed by atoms with E-state index in [2.05, 4.69) is 6.58 Å². The molecule has 0 saturated heterocycles. The molecule has 0 atom stereocenters. The number of rotatable bonds is 8. The van der Waals surface area contributed by atoms with E-state index in [0.29, 0.717) is 0 Å². The van der Waals surface area contributed by atoms with E-state index in [-0.39, 0.29) is 5.54 Å². The standard InChI is InChI=1S/C11H25NO3Si/c1-10(11(2,3)12)8-7-9-16(13-4,14-5)15-6/h1,7-9,12H2,2-6H3. The summed E-state index contributed by atoms with van der Waals surface area (Å²) < 4.78 is 16.0. The Labute approximate surface area is 100 Å². The van der Waals surface area contributed by atoms with Crippen LogP contribution in [0.1, 0.15) is 26.7 Å². The van der Waals surface area contributed by atoms with Crippen molar-refractivity contribution in [2.75, 3.05) is 21.3 Å². The first kappa shape index (κ1) is 15.8. The minimum atomic E-state index is -2.43. The van der Waals surface area contributed by atoms with Gasteiger partial charge in [-0.3, -0.25) is 0 Å². The fraction of sp³-hybridized carbons (Fsp3) is 0.818. The Balaban J connectivity index is 4.11. The van der Waals surface area contributed by atoms with Crippen LogP contribution in [0.2, 0.25) is 6.04 Å². The van der Waals surface area contributed by atoms with Crippen molar-refractivity contribution >= 4 is 8.80 Å². The fourth-order valence-electron chi connectivity index (χ4n) is 1.40. The molecule has 0 spiro atoms. The summed E-state index contributed by atoms with van der Waals surface area (Å²) in [6.07, 6.45) is 1.79. The minimum Gasteiger partial charge on any atom is -0.377 e. The van der Waals surface area contributed by atoms with Crippen LogP contribution in [0.4, 0.5) is 0 Å². The van der Waals surface area contributed by atoms with E-state index in [1.54, 1.807) is 21.3 Å². The molecule has 0 rings (SSSR count). The molecule has 0 radical (unpaired) electrons. The molecule has 0 aliphatic heterocycles. The summed E-state index contributed by atoms with van der Waals surface area (Å²) in [6.45, 7) is 7.91. The number of hydrogen-bond acceptors (Lipinski definition) is 4. The zero-order chi connectivity index (χ0) is 12.8. The summed E-state index contributed by atoms with van der Waals surface area (Å²) in [6, 6.07) is 0.783. The number of hydrogen-bond donors (Lipinski definition) is 1. The highest BCUT2D eigenvalue weighted by Crippen LogP contribution is 2.22. The molecular weight excluding hydrogens is 222 g/mol. The van der Waals surface area contributed by atoms with Crippen LogP contribution in [0.15, 0.2) is 12.2 Å². The summed E-state index contributed by atoms with van der Waals surface area (Å²) in [4.78, 5) is 0. The van der Waals surface area contributed by atoms with Crippen molar-refractivity contribution in [2.24, 2.45) is 5.73 Å². The van der Waals surface area contributed by atoms with Crippen molar-refractivity contribution in [1.82, 2.24) is 0 Å². The zero-order valence-electron chi connectivity index (χ0n) is 11.1. The van der Waals surface area contributed by atoms with Gasteiger partial charge in [-0.1, -0.05) is 12.2 Å². The monoisotopic (exact) mass is 247 g/mol. The topological polar surface area (TPSA) is 53.7 Å². The molecule has 16 heavy (non-hydrogen) atoms. The van der Waals surface area contributed by atoms with Gasteiger partial charge in [0.2, 0.25) is 0 Å². The van der Waals surface area contributed by atoms with E-state index in [4.69, 9.17) is 19.0 Å². The molecule has 5 heteroatoms. The van der Waals surface area contributed by atoms with E-state index < -0.39 is 8.80 Å². The van der Waals surface area contributed by atoms with E-state index in [9.17, 15) is 0 Å². The molecule has 0 unspecified atom stereocenters. The summed E-state index contributed by atoms with van der Waals surface area (Å²) in [7, 11) is 2.45. The molecule has 0 saturated carbocycles. The van der Waals surface area contributed by atoms with Crippen LogP contribution in [0.5, 0.6) is 0 Å². The third-order valence-electron chi connectivity index (χ3n) is 2.81. The predicted molar refractivity (Wildman–Crippen MR) is 68.2 cm³/mol. The largest absolute Gasteiger partial charge is 0.500 e. The summed E-state index contributed by atoms with van der Waals surface area (Å²) in [5.74, 6) is 0. The molecule has 0 aromatic heterocycles. The Bertz CT molecular complexity index is 213. The van der Waals surface area contributed by atoms with Crippen molar-refractivity contribution in [3.63, 3.8) is 0 Å². The van der Waals surface area contributed by atoms with Gasteiger partial charge in [0.1, 0.15) is 0 Å². The fourth-order valence-corrected chi connectivity index (χ4v) is 3.12. The van der Waals surface area contributed by atoms with E-state index >= 15 is 0 Å². The molecule has 0 fully saturated rings. The molecule has 0 bridgehead atoms. The zero-order valence-corrected chi connectivity index (χ0v) is 12.1. The van der Waals surface area contributed by atoms with Gasteiger partial charge in [0.15, 0.2) is 0 Å². The van der Waals surface area contributed by atoms with Crippen molar-refractivity contribution in [2.45, 2.75) is 38.3 Å². The second kappa shape index (κ2) is 6.51. The maximum Gasteiger partial charge on any atom is 0.500 e. The van der Waals surface area contributed by atoms with Gasteiger partial charge in [-0.15, -0.1) is 0 Å². The highest BCUT2D eigenvalue weighted by atomic mass is 28.4. The summed E-state index contributed by atoms with van der Waals surface area (Å²) in [5.41, 5.74) is 6.66. The maximum absolute atomic E-state index is 5.94. The van der Waals surface area contributed by atoms with Crippen LogP contribution < -0.4 is 5.73 Å². The van der Waals surface area contributed by atoms with Crippen molar-refractivity contribution in [3.05, 3.63) is 12.2 Å². The first-order valence-corrected chi connectivity index (χ1v) is 7.37. The van der Waals surface area contributed by atoms with Crippen LogP contribution in [0.25, 0.3) is 0 Å². The summed E-state index contributed by atoms with van der Waals surface area (Å²) in [5, 5.41) is 0. The maximum atomic E-state index is 5.94. The third kappa shape index (κ3) is 4.76. The lowest BCUT2D eigenvalue weighted by atomic mass is 9.93. The molecular formula is C11H25NO3Si. The SMILES string of the molecule is C=C(CCC[Si](OC)(OC)OC)C(C)(C)N. The first-order chi connectivity index (χ1) is 7.31. The van der Waals surface area contributed by atoms with Crippen molar-refractivity contribution < 1.29 is 13.3 Å². The molecule has 4 nitrogen and oxygen atoms in total. The normalized spacial score (nSPS) is 12.9. The van der Waals surface area contributed by atoms with Crippen LogP contribution in [-0.2, 0) is 13.3 Å². The van der Waals surface area contributed by atoms with Gasteiger partial charge in [-0.2, -0.15) is 0 Å². The Hall–Kier alpha value is -0.203. The van der Waals surface area contributed by atoms with Crippen molar-refractivity contribution in [1.29, 1.82) is 0 Å².